The molecule has 2 heterocycles. The molecule has 5 nitrogen and oxygen atoms in total. The minimum Gasteiger partial charge on any atom is -0.266 e. The van der Waals surface area contributed by atoms with Crippen LogP contribution in [0.5, 0.6) is 0 Å². The Bertz CT molecular complexity index is 883. The van der Waals surface area contributed by atoms with Crippen molar-refractivity contribution in [1.82, 2.24) is 4.98 Å². The van der Waals surface area contributed by atoms with Crippen LogP contribution in [0.4, 0.5) is 5.69 Å². The van der Waals surface area contributed by atoms with E-state index in [9.17, 15) is 8.42 Å². The van der Waals surface area contributed by atoms with Gasteiger partial charge in [-0.25, -0.2) is 13.4 Å². The number of nitriles is 1. The van der Waals surface area contributed by atoms with Gasteiger partial charge in [0, 0.05) is 12.7 Å². The number of sulfonamides is 1. The van der Waals surface area contributed by atoms with Gasteiger partial charge in [-0.1, -0.05) is 25.1 Å². The van der Waals surface area contributed by atoms with E-state index in [0.29, 0.717) is 12.5 Å². The van der Waals surface area contributed by atoms with Gasteiger partial charge in [0.25, 0.3) is 10.0 Å². The van der Waals surface area contributed by atoms with Crippen molar-refractivity contribution in [2.24, 2.45) is 0 Å². The molecule has 0 N–H and O–H groups in total. The number of aromatic nitrogens is 1. The van der Waals surface area contributed by atoms with E-state index >= 15 is 0 Å². The van der Waals surface area contributed by atoms with Crippen molar-refractivity contribution < 1.29 is 8.42 Å². The number of hydrogen-bond acceptors (Lipinski definition) is 4. The average molecular weight is 327 g/mol. The molecule has 1 unspecified atom stereocenters. The van der Waals surface area contributed by atoms with Gasteiger partial charge in [0.15, 0.2) is 0 Å². The molecule has 0 spiro atoms. The molecule has 0 amide bonds. The SMILES string of the molecule is Cc1cccc2c1N(S(=O)(=O)c1ccc(C#N)nc1)CCC2C. The quantitative estimate of drug-likeness (QED) is 0.850. The first-order chi connectivity index (χ1) is 10.9. The Kier molecular flexibility index (Phi) is 3.82. The standard InChI is InChI=1S/C17H17N3O2S/c1-12-8-9-20(17-13(2)4-3-5-16(12)17)23(21,22)15-7-6-14(10-18)19-11-15/h3-7,11-12H,8-9H2,1-2H3. The fourth-order valence-electron chi connectivity index (χ4n) is 2.96. The number of nitrogens with zero attached hydrogens (tertiary/aromatic N) is 3. The summed E-state index contributed by atoms with van der Waals surface area (Å²) in [4.78, 5) is 4.00. The van der Waals surface area contributed by atoms with E-state index in [1.807, 2.05) is 31.2 Å². The Labute approximate surface area is 136 Å². The van der Waals surface area contributed by atoms with Crippen LogP contribution in [0.3, 0.4) is 0 Å². The minimum absolute atomic E-state index is 0.111. The van der Waals surface area contributed by atoms with E-state index in [0.717, 1.165) is 23.2 Å². The first-order valence-corrected chi connectivity index (χ1v) is 8.87. The predicted octanol–water partition coefficient (Wildman–Crippen LogP) is 2.96. The van der Waals surface area contributed by atoms with Crippen molar-refractivity contribution in [3.63, 3.8) is 0 Å². The van der Waals surface area contributed by atoms with Gasteiger partial charge < -0.3 is 0 Å². The molecule has 23 heavy (non-hydrogen) atoms. The Morgan fingerprint density at radius 3 is 2.74 bits per heavy atom. The number of fused-ring (bicyclic) bond motifs is 1. The summed E-state index contributed by atoms with van der Waals surface area (Å²) in [6, 6.07) is 10.6. The largest absolute Gasteiger partial charge is 0.266 e. The van der Waals surface area contributed by atoms with Crippen LogP contribution >= 0.6 is 0 Å². The molecule has 0 aliphatic carbocycles. The fourth-order valence-corrected chi connectivity index (χ4v) is 4.48. The van der Waals surface area contributed by atoms with E-state index in [1.165, 1.54) is 22.6 Å². The minimum atomic E-state index is -3.68. The lowest BCUT2D eigenvalue weighted by atomic mass is 9.91. The first kappa shape index (κ1) is 15.5. The van der Waals surface area contributed by atoms with Gasteiger partial charge in [-0.05, 0) is 42.5 Å². The topological polar surface area (TPSA) is 74.1 Å². The number of benzene rings is 1. The molecule has 0 saturated heterocycles. The number of para-hydroxylation sites is 1. The van der Waals surface area contributed by atoms with Gasteiger partial charge in [0.05, 0.1) is 5.69 Å². The third kappa shape index (κ3) is 2.57. The average Bonchev–Trinajstić information content (AvgIpc) is 2.56. The van der Waals surface area contributed by atoms with Crippen LogP contribution in [-0.2, 0) is 10.0 Å². The van der Waals surface area contributed by atoms with E-state index in [4.69, 9.17) is 5.26 Å². The summed E-state index contributed by atoms with van der Waals surface area (Å²) in [5.41, 5.74) is 2.98. The molecule has 0 bridgehead atoms. The molecule has 1 aliphatic rings. The number of anilines is 1. The van der Waals surface area contributed by atoms with E-state index in [-0.39, 0.29) is 10.6 Å². The second-order valence-electron chi connectivity index (χ2n) is 5.77. The molecule has 0 saturated carbocycles. The summed E-state index contributed by atoms with van der Waals surface area (Å²) in [7, 11) is -3.68. The second kappa shape index (κ2) is 5.67. The van der Waals surface area contributed by atoms with Crippen molar-refractivity contribution in [2.75, 3.05) is 10.8 Å². The molecule has 118 valence electrons. The highest BCUT2D eigenvalue weighted by Gasteiger charge is 2.32. The summed E-state index contributed by atoms with van der Waals surface area (Å²) in [6.07, 6.45) is 2.03. The Morgan fingerprint density at radius 2 is 2.09 bits per heavy atom. The van der Waals surface area contributed by atoms with Gasteiger partial charge in [0.1, 0.15) is 16.7 Å². The first-order valence-electron chi connectivity index (χ1n) is 7.43. The van der Waals surface area contributed by atoms with Gasteiger partial charge in [-0.15, -0.1) is 0 Å². The van der Waals surface area contributed by atoms with Crippen molar-refractivity contribution >= 4 is 15.7 Å². The maximum Gasteiger partial charge on any atom is 0.265 e. The lowest BCUT2D eigenvalue weighted by molar-refractivity contribution is 0.578. The summed E-state index contributed by atoms with van der Waals surface area (Å²) >= 11 is 0. The van der Waals surface area contributed by atoms with Crippen LogP contribution in [0.2, 0.25) is 0 Å². The van der Waals surface area contributed by atoms with Gasteiger partial charge in [-0.3, -0.25) is 4.31 Å². The fraction of sp³-hybridized carbons (Fsp3) is 0.294. The summed E-state index contributed by atoms with van der Waals surface area (Å²) in [5.74, 6) is 0.329. The Balaban J connectivity index is 2.11. The molecule has 0 fully saturated rings. The molecular formula is C17H17N3O2S. The lowest BCUT2D eigenvalue weighted by Gasteiger charge is -2.34. The molecule has 2 aromatic rings. The van der Waals surface area contributed by atoms with E-state index in [1.54, 1.807) is 0 Å². The molecule has 6 heteroatoms. The molecule has 1 aromatic carbocycles. The predicted molar refractivity (Wildman–Crippen MR) is 87.7 cm³/mol. The zero-order valence-electron chi connectivity index (χ0n) is 13.0. The highest BCUT2D eigenvalue weighted by Crippen LogP contribution is 2.39. The van der Waals surface area contributed by atoms with Crippen LogP contribution < -0.4 is 4.31 Å². The third-order valence-corrected chi connectivity index (χ3v) is 6.04. The number of aryl methyl sites for hydroxylation is 1. The Morgan fingerprint density at radius 1 is 1.30 bits per heavy atom. The summed E-state index contributed by atoms with van der Waals surface area (Å²) < 4.78 is 27.5. The molecule has 1 aromatic heterocycles. The normalized spacial score (nSPS) is 17.4. The molecule has 3 rings (SSSR count). The van der Waals surface area contributed by atoms with Gasteiger partial charge >= 0.3 is 0 Å². The van der Waals surface area contributed by atoms with E-state index in [2.05, 4.69) is 11.9 Å². The van der Waals surface area contributed by atoms with Crippen molar-refractivity contribution in [3.8, 4) is 6.07 Å². The summed E-state index contributed by atoms with van der Waals surface area (Å²) in [6.45, 7) is 4.49. The maximum absolute atomic E-state index is 13.0. The van der Waals surface area contributed by atoms with Gasteiger partial charge in [-0.2, -0.15) is 5.26 Å². The third-order valence-electron chi connectivity index (χ3n) is 4.25. The number of rotatable bonds is 2. The van der Waals surface area contributed by atoms with Gasteiger partial charge in [0.2, 0.25) is 0 Å². The van der Waals surface area contributed by atoms with Crippen LogP contribution in [0.15, 0.2) is 41.4 Å². The molecular weight excluding hydrogens is 310 g/mol. The van der Waals surface area contributed by atoms with Crippen molar-refractivity contribution in [3.05, 3.63) is 53.3 Å². The lowest BCUT2D eigenvalue weighted by Crippen LogP contribution is -2.37. The van der Waals surface area contributed by atoms with Crippen molar-refractivity contribution in [2.45, 2.75) is 31.1 Å². The van der Waals surface area contributed by atoms with Crippen LogP contribution in [0.1, 0.15) is 36.1 Å². The zero-order valence-corrected chi connectivity index (χ0v) is 13.8. The maximum atomic E-state index is 13.0. The van der Waals surface area contributed by atoms with Crippen LogP contribution in [0.25, 0.3) is 0 Å². The molecule has 1 atom stereocenters. The molecule has 1 aliphatic heterocycles. The smallest absolute Gasteiger partial charge is 0.265 e. The number of hydrogen-bond donors (Lipinski definition) is 0. The Hall–Kier alpha value is -2.39. The zero-order chi connectivity index (χ0) is 16.6. The molecule has 0 radical (unpaired) electrons. The summed E-state index contributed by atoms with van der Waals surface area (Å²) in [5, 5.41) is 8.80. The number of pyridine rings is 1. The second-order valence-corrected chi connectivity index (χ2v) is 7.63. The highest BCUT2D eigenvalue weighted by molar-refractivity contribution is 7.92. The van der Waals surface area contributed by atoms with Crippen LogP contribution in [-0.4, -0.2) is 19.9 Å². The monoisotopic (exact) mass is 327 g/mol. The van der Waals surface area contributed by atoms with E-state index < -0.39 is 10.0 Å². The van der Waals surface area contributed by atoms with Crippen LogP contribution in [0, 0.1) is 18.3 Å². The van der Waals surface area contributed by atoms with Crippen molar-refractivity contribution in [1.29, 1.82) is 5.26 Å². The highest BCUT2D eigenvalue weighted by atomic mass is 32.2.